The van der Waals surface area contributed by atoms with Gasteiger partial charge in [0.15, 0.2) is 0 Å². The summed E-state index contributed by atoms with van der Waals surface area (Å²) in [6.07, 6.45) is 1.01. The van der Waals surface area contributed by atoms with Gasteiger partial charge >= 0.3 is 5.97 Å². The lowest BCUT2D eigenvalue weighted by Gasteiger charge is -2.24. The zero-order valence-corrected chi connectivity index (χ0v) is 10.8. The summed E-state index contributed by atoms with van der Waals surface area (Å²) in [5.41, 5.74) is 1.08. The Kier molecular flexibility index (Phi) is 4.89. The molecule has 0 bridgehead atoms. The third-order valence-electron chi connectivity index (χ3n) is 2.97. The van der Waals surface area contributed by atoms with E-state index in [1.54, 1.807) is 0 Å². The number of carbonyl (C=O) groups excluding carboxylic acids is 1. The minimum absolute atomic E-state index is 0.0954. The first kappa shape index (κ1) is 14.2. The van der Waals surface area contributed by atoms with Crippen molar-refractivity contribution in [2.24, 2.45) is 0 Å². The second kappa shape index (κ2) is 6.19. The van der Waals surface area contributed by atoms with E-state index < -0.39 is 5.97 Å². The minimum atomic E-state index is -1.02. The van der Waals surface area contributed by atoms with Crippen LogP contribution in [-0.4, -0.2) is 23.5 Å². The smallest absolute Gasteiger partial charge is 0.322 e. The first-order valence-corrected chi connectivity index (χ1v) is 5.96. The topological polar surface area (TPSA) is 66.4 Å². The summed E-state index contributed by atoms with van der Waals surface area (Å²) in [6.45, 7) is 3.84. The van der Waals surface area contributed by atoms with Crippen molar-refractivity contribution in [2.75, 3.05) is 6.54 Å². The van der Waals surface area contributed by atoms with Crippen molar-refractivity contribution in [2.45, 2.75) is 32.1 Å². The fourth-order valence-corrected chi connectivity index (χ4v) is 1.72. The molecule has 4 heteroatoms. The van der Waals surface area contributed by atoms with E-state index in [0.29, 0.717) is 12.8 Å². The molecule has 0 aliphatic carbocycles. The second-order valence-corrected chi connectivity index (χ2v) is 4.92. The Morgan fingerprint density at radius 2 is 1.83 bits per heavy atom. The van der Waals surface area contributed by atoms with Crippen LogP contribution in [0.1, 0.15) is 32.3 Å². The van der Waals surface area contributed by atoms with Gasteiger partial charge in [-0.1, -0.05) is 44.2 Å². The highest BCUT2D eigenvalue weighted by Crippen LogP contribution is 2.27. The van der Waals surface area contributed by atoms with E-state index >= 15 is 0 Å². The molecule has 0 aromatic heterocycles. The van der Waals surface area contributed by atoms with Crippen LogP contribution in [-0.2, 0) is 15.0 Å². The SMILES string of the molecule is CC(C)(CCC(=O)NCC(=O)O)c1ccccc1. The third kappa shape index (κ3) is 4.57. The van der Waals surface area contributed by atoms with E-state index in [9.17, 15) is 9.59 Å². The maximum Gasteiger partial charge on any atom is 0.322 e. The van der Waals surface area contributed by atoms with Gasteiger partial charge in [-0.05, 0) is 17.4 Å². The summed E-state index contributed by atoms with van der Waals surface area (Å²) in [6, 6.07) is 9.98. The normalized spacial score (nSPS) is 11.0. The Bertz CT molecular complexity index is 412. The number of hydrogen-bond acceptors (Lipinski definition) is 2. The average molecular weight is 249 g/mol. The maximum absolute atomic E-state index is 11.5. The van der Waals surface area contributed by atoms with Gasteiger partial charge in [0, 0.05) is 6.42 Å². The molecule has 2 N–H and O–H groups in total. The molecule has 98 valence electrons. The van der Waals surface area contributed by atoms with Crippen LogP contribution >= 0.6 is 0 Å². The van der Waals surface area contributed by atoms with Gasteiger partial charge in [0.2, 0.25) is 5.91 Å². The van der Waals surface area contributed by atoms with Crippen molar-refractivity contribution in [3.8, 4) is 0 Å². The van der Waals surface area contributed by atoms with Gasteiger partial charge in [-0.2, -0.15) is 0 Å². The molecule has 0 heterocycles. The molecule has 0 fully saturated rings. The van der Waals surface area contributed by atoms with Crippen molar-refractivity contribution < 1.29 is 14.7 Å². The highest BCUT2D eigenvalue weighted by molar-refractivity contribution is 5.81. The third-order valence-corrected chi connectivity index (χ3v) is 2.97. The second-order valence-electron chi connectivity index (χ2n) is 4.92. The molecule has 18 heavy (non-hydrogen) atoms. The van der Waals surface area contributed by atoms with Gasteiger partial charge in [-0.3, -0.25) is 9.59 Å². The zero-order valence-electron chi connectivity index (χ0n) is 10.8. The Labute approximate surface area is 107 Å². The highest BCUT2D eigenvalue weighted by Gasteiger charge is 2.21. The van der Waals surface area contributed by atoms with E-state index in [4.69, 9.17) is 5.11 Å². The van der Waals surface area contributed by atoms with Crippen molar-refractivity contribution >= 4 is 11.9 Å². The van der Waals surface area contributed by atoms with Crippen molar-refractivity contribution in [1.29, 1.82) is 0 Å². The predicted octanol–water partition coefficient (Wildman–Crippen LogP) is 1.95. The van der Waals surface area contributed by atoms with Crippen LogP contribution in [0, 0.1) is 0 Å². The molecule has 0 unspecified atom stereocenters. The predicted molar refractivity (Wildman–Crippen MR) is 69.3 cm³/mol. The number of carboxylic acids is 1. The van der Waals surface area contributed by atoms with Crippen molar-refractivity contribution in [1.82, 2.24) is 5.32 Å². The molecular weight excluding hydrogens is 230 g/mol. The largest absolute Gasteiger partial charge is 0.480 e. The standard InChI is InChI=1S/C14H19NO3/c1-14(2,11-6-4-3-5-7-11)9-8-12(16)15-10-13(17)18/h3-7H,8-10H2,1-2H3,(H,15,16)(H,17,18). The summed E-state index contributed by atoms with van der Waals surface area (Å²) in [4.78, 5) is 21.8. The van der Waals surface area contributed by atoms with Gasteiger partial charge < -0.3 is 10.4 Å². The summed E-state index contributed by atoms with van der Waals surface area (Å²) in [5, 5.41) is 10.8. The lowest BCUT2D eigenvalue weighted by Crippen LogP contribution is -2.30. The summed E-state index contributed by atoms with van der Waals surface area (Å²) >= 11 is 0. The van der Waals surface area contributed by atoms with Gasteiger partial charge in [0.1, 0.15) is 6.54 Å². The van der Waals surface area contributed by atoms with Crippen LogP contribution in [0.3, 0.4) is 0 Å². The van der Waals surface area contributed by atoms with Gasteiger partial charge in [-0.15, -0.1) is 0 Å². The number of carboxylic acid groups (broad SMARTS) is 1. The first-order chi connectivity index (χ1) is 8.42. The number of nitrogens with one attached hydrogen (secondary N) is 1. The Morgan fingerprint density at radius 3 is 2.39 bits per heavy atom. The fraction of sp³-hybridized carbons (Fsp3) is 0.429. The molecule has 0 spiro atoms. The molecule has 0 aliphatic rings. The molecule has 0 saturated heterocycles. The van der Waals surface area contributed by atoms with Crippen LogP contribution in [0.15, 0.2) is 30.3 Å². The van der Waals surface area contributed by atoms with E-state index in [-0.39, 0.29) is 17.9 Å². The number of hydrogen-bond donors (Lipinski definition) is 2. The fourth-order valence-electron chi connectivity index (χ4n) is 1.72. The maximum atomic E-state index is 11.5. The number of carbonyl (C=O) groups is 2. The van der Waals surface area contributed by atoms with Gasteiger partial charge in [0.05, 0.1) is 0 Å². The van der Waals surface area contributed by atoms with Crippen LogP contribution in [0.5, 0.6) is 0 Å². The summed E-state index contributed by atoms with van der Waals surface area (Å²) in [5.74, 6) is -1.24. The monoisotopic (exact) mass is 249 g/mol. The molecule has 1 aromatic carbocycles. The van der Waals surface area contributed by atoms with Crippen LogP contribution < -0.4 is 5.32 Å². The van der Waals surface area contributed by atoms with Crippen LogP contribution in [0.4, 0.5) is 0 Å². The molecule has 0 atom stereocenters. The molecule has 1 rings (SSSR count). The lowest BCUT2D eigenvalue weighted by atomic mass is 9.80. The van der Waals surface area contributed by atoms with E-state index in [1.807, 2.05) is 30.3 Å². The summed E-state index contributed by atoms with van der Waals surface area (Å²) < 4.78 is 0. The number of benzene rings is 1. The Morgan fingerprint density at radius 1 is 1.22 bits per heavy atom. The number of aliphatic carboxylic acids is 1. The number of rotatable bonds is 6. The zero-order chi connectivity index (χ0) is 13.6. The van der Waals surface area contributed by atoms with Crippen LogP contribution in [0.25, 0.3) is 0 Å². The van der Waals surface area contributed by atoms with E-state index in [2.05, 4.69) is 19.2 Å². The average Bonchev–Trinajstić information content (AvgIpc) is 2.35. The quantitative estimate of drug-likeness (QED) is 0.809. The highest BCUT2D eigenvalue weighted by atomic mass is 16.4. The van der Waals surface area contributed by atoms with E-state index in [0.717, 1.165) is 0 Å². The minimum Gasteiger partial charge on any atom is -0.480 e. The number of amides is 1. The van der Waals surface area contributed by atoms with E-state index in [1.165, 1.54) is 5.56 Å². The molecule has 1 aromatic rings. The Hall–Kier alpha value is -1.84. The Balaban J connectivity index is 2.47. The van der Waals surface area contributed by atoms with Crippen molar-refractivity contribution in [3.05, 3.63) is 35.9 Å². The molecule has 0 aliphatic heterocycles. The first-order valence-electron chi connectivity index (χ1n) is 5.96. The van der Waals surface area contributed by atoms with Crippen molar-refractivity contribution in [3.63, 3.8) is 0 Å². The van der Waals surface area contributed by atoms with Crippen LogP contribution in [0.2, 0.25) is 0 Å². The molecule has 0 saturated carbocycles. The molecular formula is C14H19NO3. The summed E-state index contributed by atoms with van der Waals surface area (Å²) in [7, 11) is 0. The van der Waals surface area contributed by atoms with Gasteiger partial charge in [-0.25, -0.2) is 0 Å². The van der Waals surface area contributed by atoms with Gasteiger partial charge in [0.25, 0.3) is 0 Å². The molecule has 4 nitrogen and oxygen atoms in total. The molecule has 1 amide bonds. The molecule has 0 radical (unpaired) electrons. The lowest BCUT2D eigenvalue weighted by molar-refractivity contribution is -0.138.